The zero-order valence-electron chi connectivity index (χ0n) is 9.84. The molecule has 0 aliphatic carbocycles. The molecule has 1 amide bonds. The Hall–Kier alpha value is -1.39. The number of carbonyl (C=O) groups is 1. The number of benzene rings is 1. The van der Waals surface area contributed by atoms with Crippen LogP contribution in [-0.2, 0) is 9.53 Å². The molecule has 0 radical (unpaired) electrons. The summed E-state index contributed by atoms with van der Waals surface area (Å²) in [4.78, 5) is 14.0. The third kappa shape index (κ3) is 3.05. The Bertz CT molecular complexity index is 359. The second-order valence-electron chi connectivity index (χ2n) is 4.18. The molecule has 0 aromatic heterocycles. The maximum absolute atomic E-state index is 12.2. The Morgan fingerprint density at radius 1 is 1.24 bits per heavy atom. The molecule has 92 valence electrons. The molecule has 1 aromatic rings. The molecule has 1 fully saturated rings. The lowest BCUT2D eigenvalue weighted by molar-refractivity contribution is -0.132. The van der Waals surface area contributed by atoms with E-state index in [0.29, 0.717) is 13.2 Å². The Kier molecular flexibility index (Phi) is 4.12. The largest absolute Gasteiger partial charge is 0.380 e. The summed E-state index contributed by atoms with van der Waals surface area (Å²) < 4.78 is 5.33. The van der Waals surface area contributed by atoms with Crippen molar-refractivity contribution in [3.05, 3.63) is 35.9 Å². The van der Waals surface area contributed by atoms with Crippen molar-refractivity contribution in [2.75, 3.05) is 26.3 Å². The van der Waals surface area contributed by atoms with Gasteiger partial charge in [-0.25, -0.2) is 0 Å². The van der Waals surface area contributed by atoms with Crippen LogP contribution in [0.1, 0.15) is 18.0 Å². The van der Waals surface area contributed by atoms with Gasteiger partial charge in [-0.3, -0.25) is 4.79 Å². The fourth-order valence-corrected chi connectivity index (χ4v) is 1.97. The number of rotatable bonds is 2. The molecule has 2 rings (SSSR count). The molecule has 1 atom stereocenters. The Morgan fingerprint density at radius 2 is 2.00 bits per heavy atom. The van der Waals surface area contributed by atoms with Gasteiger partial charge in [-0.15, -0.1) is 0 Å². The molecular weight excluding hydrogens is 216 g/mol. The molecule has 1 heterocycles. The molecule has 1 aliphatic heterocycles. The van der Waals surface area contributed by atoms with Crippen molar-refractivity contribution in [1.29, 1.82) is 0 Å². The molecule has 1 aromatic carbocycles. The van der Waals surface area contributed by atoms with Gasteiger partial charge >= 0.3 is 0 Å². The van der Waals surface area contributed by atoms with Crippen molar-refractivity contribution >= 4 is 5.91 Å². The highest BCUT2D eigenvalue weighted by Crippen LogP contribution is 2.13. The molecule has 17 heavy (non-hydrogen) atoms. The van der Waals surface area contributed by atoms with Crippen molar-refractivity contribution < 1.29 is 9.53 Å². The number of nitrogens with zero attached hydrogens (tertiary/aromatic N) is 1. The summed E-state index contributed by atoms with van der Waals surface area (Å²) in [5.41, 5.74) is 6.85. The zero-order valence-corrected chi connectivity index (χ0v) is 9.84. The molecule has 0 saturated carbocycles. The second-order valence-corrected chi connectivity index (χ2v) is 4.18. The first-order valence-electron chi connectivity index (χ1n) is 5.96. The lowest BCUT2D eigenvalue weighted by Gasteiger charge is -2.23. The van der Waals surface area contributed by atoms with Crippen LogP contribution >= 0.6 is 0 Å². The molecule has 0 spiro atoms. The smallest absolute Gasteiger partial charge is 0.244 e. The van der Waals surface area contributed by atoms with Crippen LogP contribution in [0.4, 0.5) is 0 Å². The number of amides is 1. The van der Waals surface area contributed by atoms with Gasteiger partial charge in [0.15, 0.2) is 0 Å². The van der Waals surface area contributed by atoms with E-state index < -0.39 is 6.04 Å². The quantitative estimate of drug-likeness (QED) is 0.828. The van der Waals surface area contributed by atoms with Gasteiger partial charge in [-0.2, -0.15) is 0 Å². The van der Waals surface area contributed by atoms with Crippen LogP contribution < -0.4 is 5.73 Å². The predicted octanol–water partition coefficient (Wildman–Crippen LogP) is 0.935. The first-order chi connectivity index (χ1) is 8.29. The van der Waals surface area contributed by atoms with Crippen molar-refractivity contribution in [2.45, 2.75) is 12.5 Å². The highest BCUT2D eigenvalue weighted by atomic mass is 16.5. The van der Waals surface area contributed by atoms with Gasteiger partial charge in [-0.05, 0) is 12.0 Å². The van der Waals surface area contributed by atoms with E-state index in [0.717, 1.165) is 25.1 Å². The first-order valence-corrected chi connectivity index (χ1v) is 5.96. The van der Waals surface area contributed by atoms with Crippen molar-refractivity contribution in [3.8, 4) is 0 Å². The molecular formula is C13H18N2O2. The van der Waals surface area contributed by atoms with E-state index in [-0.39, 0.29) is 5.91 Å². The van der Waals surface area contributed by atoms with Gasteiger partial charge in [0.05, 0.1) is 6.61 Å². The molecule has 1 saturated heterocycles. The van der Waals surface area contributed by atoms with E-state index in [4.69, 9.17) is 10.5 Å². The van der Waals surface area contributed by atoms with Gasteiger partial charge in [-0.1, -0.05) is 30.3 Å². The topological polar surface area (TPSA) is 55.6 Å². The van der Waals surface area contributed by atoms with E-state index in [1.54, 1.807) is 4.90 Å². The third-order valence-corrected chi connectivity index (χ3v) is 2.96. The summed E-state index contributed by atoms with van der Waals surface area (Å²) in [6.07, 6.45) is 0.882. The number of nitrogens with two attached hydrogens (primary N) is 1. The maximum Gasteiger partial charge on any atom is 0.244 e. The second kappa shape index (κ2) is 5.80. The van der Waals surface area contributed by atoms with E-state index in [9.17, 15) is 4.79 Å². The third-order valence-electron chi connectivity index (χ3n) is 2.96. The van der Waals surface area contributed by atoms with Gasteiger partial charge in [0, 0.05) is 19.7 Å². The van der Waals surface area contributed by atoms with Gasteiger partial charge in [0.2, 0.25) is 5.91 Å². The SMILES string of the molecule is N[C@H](C(=O)N1CCCOCC1)c1ccccc1. The van der Waals surface area contributed by atoms with Gasteiger partial charge in [0.1, 0.15) is 6.04 Å². The van der Waals surface area contributed by atoms with E-state index in [2.05, 4.69) is 0 Å². The normalized spacial score (nSPS) is 18.5. The summed E-state index contributed by atoms with van der Waals surface area (Å²) in [6, 6.07) is 8.92. The van der Waals surface area contributed by atoms with Crippen molar-refractivity contribution in [2.24, 2.45) is 5.73 Å². The van der Waals surface area contributed by atoms with Crippen molar-refractivity contribution in [1.82, 2.24) is 4.90 Å². The molecule has 0 unspecified atom stereocenters. The Balaban J connectivity index is 2.03. The minimum Gasteiger partial charge on any atom is -0.380 e. The van der Waals surface area contributed by atoms with Gasteiger partial charge in [0.25, 0.3) is 0 Å². The summed E-state index contributed by atoms with van der Waals surface area (Å²) in [7, 11) is 0. The van der Waals surface area contributed by atoms with Crippen LogP contribution in [0.2, 0.25) is 0 Å². The molecule has 0 bridgehead atoms. The van der Waals surface area contributed by atoms with E-state index in [1.165, 1.54) is 0 Å². The minimum atomic E-state index is -0.561. The number of hydrogen-bond acceptors (Lipinski definition) is 3. The average Bonchev–Trinajstić information content (AvgIpc) is 2.67. The van der Waals surface area contributed by atoms with Crippen LogP contribution in [0.3, 0.4) is 0 Å². The molecule has 4 heteroatoms. The lowest BCUT2D eigenvalue weighted by Crippen LogP contribution is -2.39. The van der Waals surface area contributed by atoms with Crippen LogP contribution in [0.15, 0.2) is 30.3 Å². The zero-order chi connectivity index (χ0) is 12.1. The fourth-order valence-electron chi connectivity index (χ4n) is 1.97. The van der Waals surface area contributed by atoms with E-state index >= 15 is 0 Å². The lowest BCUT2D eigenvalue weighted by atomic mass is 10.1. The Morgan fingerprint density at radius 3 is 2.76 bits per heavy atom. The van der Waals surface area contributed by atoms with Crippen LogP contribution in [0.5, 0.6) is 0 Å². The summed E-state index contributed by atoms with van der Waals surface area (Å²) >= 11 is 0. The summed E-state index contributed by atoms with van der Waals surface area (Å²) in [5.74, 6) is -0.0123. The average molecular weight is 234 g/mol. The molecule has 1 aliphatic rings. The van der Waals surface area contributed by atoms with E-state index in [1.807, 2.05) is 30.3 Å². The number of hydrogen-bond donors (Lipinski definition) is 1. The minimum absolute atomic E-state index is 0.0123. The van der Waals surface area contributed by atoms with Crippen LogP contribution in [0.25, 0.3) is 0 Å². The van der Waals surface area contributed by atoms with Crippen molar-refractivity contribution in [3.63, 3.8) is 0 Å². The monoisotopic (exact) mass is 234 g/mol. The predicted molar refractivity (Wildman–Crippen MR) is 65.4 cm³/mol. The molecule has 2 N–H and O–H groups in total. The summed E-state index contributed by atoms with van der Waals surface area (Å²) in [5, 5.41) is 0. The standard InChI is InChI=1S/C13H18N2O2/c14-12(11-5-2-1-3-6-11)13(16)15-7-4-9-17-10-8-15/h1-3,5-6,12H,4,7-10,14H2/t12-/m0/s1. The Labute approximate surface area is 101 Å². The fraction of sp³-hybridized carbons (Fsp3) is 0.462. The number of ether oxygens (including phenoxy) is 1. The maximum atomic E-state index is 12.2. The van der Waals surface area contributed by atoms with Crippen LogP contribution in [-0.4, -0.2) is 37.1 Å². The molecule has 4 nitrogen and oxygen atoms in total. The highest BCUT2D eigenvalue weighted by molar-refractivity contribution is 5.83. The summed E-state index contributed by atoms with van der Waals surface area (Å²) in [6.45, 7) is 2.70. The van der Waals surface area contributed by atoms with Crippen LogP contribution in [0, 0.1) is 0 Å². The highest BCUT2D eigenvalue weighted by Gasteiger charge is 2.22. The number of carbonyl (C=O) groups excluding carboxylic acids is 1. The van der Waals surface area contributed by atoms with Gasteiger partial charge < -0.3 is 15.4 Å². The first kappa shape index (κ1) is 12.1.